The highest BCUT2D eigenvalue weighted by atomic mass is 16.6. The lowest BCUT2D eigenvalue weighted by molar-refractivity contribution is -0.728. The molecule has 0 aliphatic rings. The Morgan fingerprint density at radius 3 is 2.57 bits per heavy atom. The van der Waals surface area contributed by atoms with Crippen molar-refractivity contribution < 1.29 is 19.0 Å². The molecule has 1 atom stereocenters. The van der Waals surface area contributed by atoms with Gasteiger partial charge in [0.25, 0.3) is 5.91 Å². The van der Waals surface area contributed by atoms with Gasteiger partial charge in [-0.3, -0.25) is 4.79 Å². The van der Waals surface area contributed by atoms with Gasteiger partial charge in [0, 0.05) is 5.39 Å². The van der Waals surface area contributed by atoms with Gasteiger partial charge in [0.2, 0.25) is 6.20 Å². The van der Waals surface area contributed by atoms with E-state index in [2.05, 4.69) is 10.4 Å². The van der Waals surface area contributed by atoms with E-state index in [1.54, 1.807) is 45.6 Å². The number of carbonyl (C=O) groups is 2. The number of fused-ring (bicyclic) bond motifs is 1. The van der Waals surface area contributed by atoms with E-state index in [1.165, 1.54) is 0 Å². The molecule has 6 nitrogen and oxygen atoms in total. The lowest BCUT2D eigenvalue weighted by atomic mass is 10.1. The summed E-state index contributed by atoms with van der Waals surface area (Å²) in [6.07, 6.45) is 1.64. The molecule has 1 N–H and O–H groups in total. The van der Waals surface area contributed by atoms with Gasteiger partial charge in [0.1, 0.15) is 22.7 Å². The Balaban J connectivity index is 2.23. The van der Waals surface area contributed by atoms with Crippen LogP contribution in [0.3, 0.4) is 0 Å². The van der Waals surface area contributed by atoms with Crippen molar-refractivity contribution in [1.29, 1.82) is 0 Å². The first-order valence-corrected chi connectivity index (χ1v) is 7.47. The van der Waals surface area contributed by atoms with Crippen molar-refractivity contribution in [2.75, 3.05) is 0 Å². The Hall–Kier alpha value is -2.50. The first kappa shape index (κ1) is 16.9. The largest absolute Gasteiger partial charge is 0.458 e. The molecule has 1 aromatic heterocycles. The number of nitrogens with one attached hydrogen (secondary N) is 1. The van der Waals surface area contributed by atoms with E-state index in [-0.39, 0.29) is 5.91 Å². The number of nitrogens with zero attached hydrogens (tertiary/aromatic N) is 2. The van der Waals surface area contributed by atoms with Gasteiger partial charge in [-0.15, -0.1) is 0 Å². The highest BCUT2D eigenvalue weighted by Gasteiger charge is 2.25. The number of esters is 1. The number of aryl methyl sites for hydroxylation is 1. The Morgan fingerprint density at radius 1 is 1.26 bits per heavy atom. The van der Waals surface area contributed by atoms with Crippen LogP contribution < -0.4 is 10.00 Å². The number of carbonyl (C=O) groups excluding carboxylic acids is 2. The molecule has 6 heteroatoms. The van der Waals surface area contributed by atoms with E-state index < -0.39 is 17.6 Å². The second kappa shape index (κ2) is 6.32. The lowest BCUT2D eigenvalue weighted by Gasteiger charge is -2.22. The van der Waals surface area contributed by atoms with E-state index in [9.17, 15) is 9.59 Å². The number of hydrogen-bond donors (Lipinski definition) is 1. The number of hydrogen-bond acceptors (Lipinski definition) is 4. The molecule has 0 saturated carbocycles. The molecule has 0 aliphatic carbocycles. The molecule has 2 aromatic rings. The van der Waals surface area contributed by atoms with Crippen molar-refractivity contribution in [2.45, 2.75) is 39.3 Å². The molecule has 0 radical (unpaired) electrons. The van der Waals surface area contributed by atoms with E-state index in [0.29, 0.717) is 11.1 Å². The van der Waals surface area contributed by atoms with Crippen LogP contribution in [0.1, 0.15) is 38.1 Å². The Morgan fingerprint density at radius 2 is 1.91 bits per heavy atom. The van der Waals surface area contributed by atoms with E-state index in [1.807, 2.05) is 24.3 Å². The molecule has 0 aliphatic heterocycles. The van der Waals surface area contributed by atoms with E-state index >= 15 is 0 Å². The van der Waals surface area contributed by atoms with Gasteiger partial charge in [-0.2, -0.15) is 0 Å². The second-order valence-corrected chi connectivity index (χ2v) is 6.46. The molecular weight excluding hydrogens is 294 g/mol. The van der Waals surface area contributed by atoms with Crippen LogP contribution in [0.2, 0.25) is 0 Å². The molecule has 122 valence electrons. The van der Waals surface area contributed by atoms with Crippen LogP contribution in [0, 0.1) is 0 Å². The fraction of sp³-hybridized carbons (Fsp3) is 0.412. The number of aromatic nitrogens is 2. The molecule has 23 heavy (non-hydrogen) atoms. The van der Waals surface area contributed by atoms with Gasteiger partial charge >= 0.3 is 5.97 Å². The van der Waals surface area contributed by atoms with Crippen molar-refractivity contribution in [2.24, 2.45) is 7.05 Å². The minimum absolute atomic E-state index is 0.336. The quantitative estimate of drug-likeness (QED) is 0.688. The maximum absolute atomic E-state index is 12.5. The summed E-state index contributed by atoms with van der Waals surface area (Å²) < 4.78 is 6.86. The van der Waals surface area contributed by atoms with Crippen LogP contribution >= 0.6 is 0 Å². The number of rotatable bonds is 3. The van der Waals surface area contributed by atoms with Crippen molar-refractivity contribution in [3.63, 3.8) is 0 Å². The molecule has 0 bridgehead atoms. The van der Waals surface area contributed by atoms with Gasteiger partial charge in [-0.1, -0.05) is 22.9 Å². The SMILES string of the molecule is CC(NC(=O)c1c[n+](C)nc2ccccc12)C(=O)OC(C)(C)C. The fourth-order valence-electron chi connectivity index (χ4n) is 2.15. The van der Waals surface area contributed by atoms with Gasteiger partial charge in [-0.05, 0) is 38.9 Å². The zero-order valence-electron chi connectivity index (χ0n) is 14.1. The number of benzene rings is 1. The standard InChI is InChI=1S/C17H21N3O3/c1-11(16(22)23-17(2,3)4)18-15(21)13-10-20(5)19-14-9-7-6-8-12(13)14/h6-11H,1-5H3/p+1. The molecule has 1 amide bonds. The van der Waals surface area contributed by atoms with Crippen LogP contribution in [0.5, 0.6) is 0 Å². The Bertz CT molecular complexity index is 750. The zero-order chi connectivity index (χ0) is 17.2. The first-order valence-electron chi connectivity index (χ1n) is 7.47. The van der Waals surface area contributed by atoms with Gasteiger partial charge < -0.3 is 10.1 Å². The molecular formula is C17H22N3O3+. The minimum Gasteiger partial charge on any atom is -0.458 e. The normalized spacial score (nSPS) is 12.7. The monoisotopic (exact) mass is 316 g/mol. The summed E-state index contributed by atoms with van der Waals surface area (Å²) >= 11 is 0. The second-order valence-electron chi connectivity index (χ2n) is 6.46. The van der Waals surface area contributed by atoms with Crippen molar-refractivity contribution in [1.82, 2.24) is 10.4 Å². The third kappa shape index (κ3) is 4.25. The predicted molar refractivity (Wildman–Crippen MR) is 85.7 cm³/mol. The summed E-state index contributed by atoms with van der Waals surface area (Å²) in [6, 6.07) is 6.64. The summed E-state index contributed by atoms with van der Waals surface area (Å²) in [5.41, 5.74) is 0.590. The van der Waals surface area contributed by atoms with Crippen LogP contribution in [0.4, 0.5) is 0 Å². The molecule has 2 rings (SSSR count). The molecule has 0 fully saturated rings. The van der Waals surface area contributed by atoms with Gasteiger partial charge in [-0.25, -0.2) is 4.79 Å². The van der Waals surface area contributed by atoms with Crippen LogP contribution in [-0.4, -0.2) is 28.6 Å². The average Bonchev–Trinajstić information content (AvgIpc) is 2.44. The van der Waals surface area contributed by atoms with E-state index in [0.717, 1.165) is 5.39 Å². The molecule has 0 spiro atoms. The smallest absolute Gasteiger partial charge is 0.328 e. The van der Waals surface area contributed by atoms with Gasteiger partial charge in [0.15, 0.2) is 7.05 Å². The summed E-state index contributed by atoms with van der Waals surface area (Å²) in [4.78, 5) is 24.5. The molecule has 0 saturated heterocycles. The minimum atomic E-state index is -0.737. The first-order chi connectivity index (χ1) is 10.7. The lowest BCUT2D eigenvalue weighted by Crippen LogP contribution is -2.43. The Labute approximate surface area is 135 Å². The highest BCUT2D eigenvalue weighted by molar-refractivity contribution is 6.06. The van der Waals surface area contributed by atoms with E-state index in [4.69, 9.17) is 4.74 Å². The third-order valence-electron chi connectivity index (χ3n) is 3.13. The van der Waals surface area contributed by atoms with Crippen LogP contribution in [0.25, 0.3) is 10.9 Å². The van der Waals surface area contributed by atoms with Crippen molar-refractivity contribution >= 4 is 22.8 Å². The Kier molecular flexibility index (Phi) is 4.63. The maximum Gasteiger partial charge on any atom is 0.328 e. The predicted octanol–water partition coefficient (Wildman–Crippen LogP) is 1.52. The summed E-state index contributed by atoms with van der Waals surface area (Å²) in [5, 5.41) is 7.75. The van der Waals surface area contributed by atoms with Crippen LogP contribution in [0.15, 0.2) is 30.5 Å². The van der Waals surface area contributed by atoms with Gasteiger partial charge in [0.05, 0.1) is 0 Å². The summed E-state index contributed by atoms with van der Waals surface area (Å²) in [7, 11) is 1.75. The fourth-order valence-corrected chi connectivity index (χ4v) is 2.15. The number of amides is 1. The summed E-state index contributed by atoms with van der Waals surface area (Å²) in [6.45, 7) is 6.97. The molecule has 1 unspecified atom stereocenters. The maximum atomic E-state index is 12.5. The number of ether oxygens (including phenoxy) is 1. The van der Waals surface area contributed by atoms with Crippen molar-refractivity contribution in [3.05, 3.63) is 36.0 Å². The average molecular weight is 316 g/mol. The topological polar surface area (TPSA) is 72.2 Å². The molecule has 1 aromatic carbocycles. The van der Waals surface area contributed by atoms with Crippen molar-refractivity contribution in [3.8, 4) is 0 Å². The van der Waals surface area contributed by atoms with Crippen LogP contribution in [-0.2, 0) is 16.6 Å². The molecule has 1 heterocycles. The zero-order valence-corrected chi connectivity index (χ0v) is 14.1. The third-order valence-corrected chi connectivity index (χ3v) is 3.13. The highest BCUT2D eigenvalue weighted by Crippen LogP contribution is 2.15. The summed E-state index contributed by atoms with van der Waals surface area (Å²) in [5.74, 6) is -0.800.